The first-order valence-corrected chi connectivity index (χ1v) is 8.63. The van der Waals surface area contributed by atoms with E-state index in [1.54, 1.807) is 31.2 Å². The minimum Gasteiger partial charge on any atom is -0.453 e. The number of hydrogen-bond acceptors (Lipinski definition) is 8. The quantitative estimate of drug-likeness (QED) is 0.604. The van der Waals surface area contributed by atoms with Crippen molar-refractivity contribution in [1.29, 1.82) is 0 Å². The molecule has 0 spiro atoms. The zero-order chi connectivity index (χ0) is 19.1. The normalized spacial score (nSPS) is 11.5. The Hall–Kier alpha value is -2.81. The summed E-state index contributed by atoms with van der Waals surface area (Å²) >= 11 is 1.39. The number of imide groups is 1. The number of nitrogens with one attached hydrogen (secondary N) is 1. The molecule has 1 atom stereocenters. The summed E-state index contributed by atoms with van der Waals surface area (Å²) in [6.45, 7) is 3.16. The third-order valence-electron chi connectivity index (χ3n) is 3.22. The number of aromatic nitrogens is 1. The number of alkyl carbamates (subject to hydrolysis) is 1. The number of aryl methyl sites for hydroxylation is 1. The van der Waals surface area contributed by atoms with Gasteiger partial charge in [0.1, 0.15) is 5.76 Å². The molecule has 0 aliphatic carbocycles. The number of nitrogens with zero attached hydrogens (tertiary/aromatic N) is 1. The topological polar surface area (TPSA) is 108 Å². The van der Waals surface area contributed by atoms with Crippen LogP contribution in [0.25, 0.3) is 0 Å². The molecular weight excluding hydrogens is 360 g/mol. The van der Waals surface area contributed by atoms with Crippen LogP contribution >= 0.6 is 11.8 Å². The average Bonchev–Trinajstić information content (AvgIpc) is 3.05. The number of methoxy groups -OCH3 is 1. The molecule has 0 saturated carbocycles. The van der Waals surface area contributed by atoms with Crippen LogP contribution in [0.3, 0.4) is 0 Å². The number of thioether (sulfide) groups is 1. The van der Waals surface area contributed by atoms with E-state index in [2.05, 4.69) is 9.89 Å². The molecule has 0 aliphatic rings. The molecule has 1 N–H and O–H groups in total. The fraction of sp³-hybridized carbons (Fsp3) is 0.294. The van der Waals surface area contributed by atoms with Gasteiger partial charge in [-0.3, -0.25) is 10.1 Å². The standard InChI is InChI=1S/C17H18N2O6S/c1-10-8-12(19-25-10)9-26-14-7-5-4-6-13(14)16(21)24-11(2)15(20)18-17(22)23-3/h4-8,11H,9H2,1-3H3,(H,18,20,22)/t11-/m0/s1. The monoisotopic (exact) mass is 378 g/mol. The number of carbonyl (C=O) groups excluding carboxylic acids is 3. The van der Waals surface area contributed by atoms with E-state index in [-0.39, 0.29) is 0 Å². The summed E-state index contributed by atoms with van der Waals surface area (Å²) < 4.78 is 14.5. The Morgan fingerprint density at radius 3 is 2.69 bits per heavy atom. The van der Waals surface area contributed by atoms with E-state index in [1.807, 2.05) is 11.4 Å². The largest absolute Gasteiger partial charge is 0.453 e. The summed E-state index contributed by atoms with van der Waals surface area (Å²) in [5, 5.41) is 5.85. The fourth-order valence-electron chi connectivity index (χ4n) is 1.93. The molecule has 2 amide bonds. The Bertz CT molecular complexity index is 804. The number of hydrogen-bond donors (Lipinski definition) is 1. The van der Waals surface area contributed by atoms with E-state index >= 15 is 0 Å². The van der Waals surface area contributed by atoms with Gasteiger partial charge in [-0.1, -0.05) is 17.3 Å². The lowest BCUT2D eigenvalue weighted by Crippen LogP contribution is -2.39. The Kier molecular flexibility index (Phi) is 6.79. The SMILES string of the molecule is COC(=O)NC(=O)[C@H](C)OC(=O)c1ccccc1SCc1cc(C)on1. The molecule has 0 radical (unpaired) electrons. The summed E-state index contributed by atoms with van der Waals surface area (Å²) in [6, 6.07) is 8.67. The lowest BCUT2D eigenvalue weighted by atomic mass is 10.2. The molecule has 0 bridgehead atoms. The second-order valence-electron chi connectivity index (χ2n) is 5.24. The van der Waals surface area contributed by atoms with Crippen molar-refractivity contribution in [3.05, 3.63) is 47.3 Å². The van der Waals surface area contributed by atoms with Crippen LogP contribution in [0.4, 0.5) is 4.79 Å². The minimum atomic E-state index is -1.15. The van der Waals surface area contributed by atoms with Gasteiger partial charge < -0.3 is 14.0 Å². The van der Waals surface area contributed by atoms with Gasteiger partial charge in [0.2, 0.25) is 0 Å². The number of amides is 2. The van der Waals surface area contributed by atoms with Crippen LogP contribution in [0.2, 0.25) is 0 Å². The first-order chi connectivity index (χ1) is 12.4. The second-order valence-corrected chi connectivity index (χ2v) is 6.26. The van der Waals surface area contributed by atoms with Gasteiger partial charge in [-0.05, 0) is 26.0 Å². The lowest BCUT2D eigenvalue weighted by Gasteiger charge is -2.14. The number of rotatable bonds is 6. The van der Waals surface area contributed by atoms with Crippen molar-refractivity contribution in [2.24, 2.45) is 0 Å². The summed E-state index contributed by atoms with van der Waals surface area (Å²) in [4.78, 5) is 35.9. The van der Waals surface area contributed by atoms with Gasteiger partial charge in [-0.25, -0.2) is 9.59 Å². The van der Waals surface area contributed by atoms with Gasteiger partial charge >= 0.3 is 12.1 Å². The van der Waals surface area contributed by atoms with Gasteiger partial charge in [-0.2, -0.15) is 0 Å². The second kappa shape index (κ2) is 9.04. The molecule has 0 unspecified atom stereocenters. The molecule has 0 aliphatic heterocycles. The number of benzene rings is 1. The highest BCUT2D eigenvalue weighted by molar-refractivity contribution is 7.98. The Morgan fingerprint density at radius 2 is 2.04 bits per heavy atom. The van der Waals surface area contributed by atoms with E-state index in [0.29, 0.717) is 22.0 Å². The predicted molar refractivity (Wildman–Crippen MR) is 92.7 cm³/mol. The minimum absolute atomic E-state index is 0.315. The van der Waals surface area contributed by atoms with Gasteiger partial charge in [0.05, 0.1) is 18.4 Å². The maximum Gasteiger partial charge on any atom is 0.413 e. The van der Waals surface area contributed by atoms with E-state index in [0.717, 1.165) is 12.8 Å². The Morgan fingerprint density at radius 1 is 1.31 bits per heavy atom. The van der Waals surface area contributed by atoms with Crippen molar-refractivity contribution < 1.29 is 28.4 Å². The molecule has 9 heteroatoms. The van der Waals surface area contributed by atoms with Gasteiger partial charge in [0.15, 0.2) is 6.10 Å². The zero-order valence-electron chi connectivity index (χ0n) is 14.5. The molecule has 2 aromatic rings. The first-order valence-electron chi connectivity index (χ1n) is 7.64. The predicted octanol–water partition coefficient (Wildman–Crippen LogP) is 2.70. The van der Waals surface area contributed by atoms with Crippen LogP contribution in [0.5, 0.6) is 0 Å². The number of esters is 1. The van der Waals surface area contributed by atoms with Crippen molar-refractivity contribution in [2.45, 2.75) is 30.6 Å². The van der Waals surface area contributed by atoms with E-state index in [1.165, 1.54) is 18.7 Å². The third-order valence-corrected chi connectivity index (χ3v) is 4.33. The highest BCUT2D eigenvalue weighted by Gasteiger charge is 2.22. The summed E-state index contributed by atoms with van der Waals surface area (Å²) in [6.07, 6.45) is -2.07. The summed E-state index contributed by atoms with van der Waals surface area (Å²) in [5.74, 6) is -0.218. The molecule has 0 fully saturated rings. The van der Waals surface area contributed by atoms with Crippen LogP contribution in [0.15, 0.2) is 39.8 Å². The van der Waals surface area contributed by atoms with E-state index in [4.69, 9.17) is 9.26 Å². The molecular formula is C17H18N2O6S. The van der Waals surface area contributed by atoms with E-state index < -0.39 is 24.1 Å². The highest BCUT2D eigenvalue weighted by Crippen LogP contribution is 2.27. The van der Waals surface area contributed by atoms with Crippen LogP contribution in [0, 0.1) is 6.92 Å². The molecule has 0 saturated heterocycles. The van der Waals surface area contributed by atoms with Crippen LogP contribution in [-0.4, -0.2) is 36.3 Å². The maximum absolute atomic E-state index is 12.4. The van der Waals surface area contributed by atoms with Gasteiger partial charge in [-0.15, -0.1) is 11.8 Å². The first kappa shape index (κ1) is 19.5. The van der Waals surface area contributed by atoms with Crippen LogP contribution in [0.1, 0.15) is 28.7 Å². The molecule has 2 rings (SSSR count). The van der Waals surface area contributed by atoms with Crippen molar-refractivity contribution in [1.82, 2.24) is 10.5 Å². The Labute approximate surface area is 154 Å². The fourth-order valence-corrected chi connectivity index (χ4v) is 2.85. The molecule has 1 aromatic carbocycles. The maximum atomic E-state index is 12.4. The summed E-state index contributed by atoms with van der Waals surface area (Å²) in [5.41, 5.74) is 1.07. The molecule has 138 valence electrons. The molecule has 8 nitrogen and oxygen atoms in total. The lowest BCUT2D eigenvalue weighted by molar-refractivity contribution is -0.128. The van der Waals surface area contributed by atoms with Crippen LogP contribution in [-0.2, 0) is 20.0 Å². The van der Waals surface area contributed by atoms with Crippen molar-refractivity contribution in [2.75, 3.05) is 7.11 Å². The molecule has 26 heavy (non-hydrogen) atoms. The number of ether oxygens (including phenoxy) is 2. The zero-order valence-corrected chi connectivity index (χ0v) is 15.3. The third kappa shape index (κ3) is 5.35. The summed E-state index contributed by atoms with van der Waals surface area (Å²) in [7, 11) is 1.13. The molecule has 1 heterocycles. The number of carbonyl (C=O) groups is 3. The molecule has 1 aromatic heterocycles. The van der Waals surface area contributed by atoms with Crippen molar-refractivity contribution in [3.63, 3.8) is 0 Å². The van der Waals surface area contributed by atoms with Crippen LogP contribution < -0.4 is 5.32 Å². The van der Waals surface area contributed by atoms with Crippen molar-refractivity contribution in [3.8, 4) is 0 Å². The van der Waals surface area contributed by atoms with Gasteiger partial charge in [0.25, 0.3) is 5.91 Å². The average molecular weight is 378 g/mol. The van der Waals surface area contributed by atoms with E-state index in [9.17, 15) is 14.4 Å². The van der Waals surface area contributed by atoms with Gasteiger partial charge in [0, 0.05) is 16.7 Å². The highest BCUT2D eigenvalue weighted by atomic mass is 32.2. The Balaban J connectivity index is 2.02. The van der Waals surface area contributed by atoms with Crippen molar-refractivity contribution >= 4 is 29.7 Å². The smallest absolute Gasteiger partial charge is 0.413 e.